The predicted molar refractivity (Wildman–Crippen MR) is 116 cm³/mol. The molecule has 160 valence electrons. The number of aliphatic hydroxyl groups excluding tert-OH is 1. The number of aliphatic hydroxyl groups is 1. The third-order valence-electron chi connectivity index (χ3n) is 4.79. The van der Waals surface area contributed by atoms with E-state index in [0.29, 0.717) is 36.8 Å². The average molecular weight is 430 g/mol. The van der Waals surface area contributed by atoms with Crippen LogP contribution in [0.1, 0.15) is 48.5 Å². The molecule has 0 spiro atoms. The molecule has 0 saturated carbocycles. The Morgan fingerprint density at radius 1 is 1.23 bits per heavy atom. The largest absolute Gasteiger partial charge is 0.503 e. The van der Waals surface area contributed by atoms with Crippen LogP contribution >= 0.6 is 11.3 Å². The lowest BCUT2D eigenvalue weighted by atomic mass is 9.95. The number of ketones is 1. The zero-order chi connectivity index (χ0) is 21.7. The van der Waals surface area contributed by atoms with E-state index in [-0.39, 0.29) is 17.5 Å². The van der Waals surface area contributed by atoms with Crippen LogP contribution in [-0.4, -0.2) is 47.6 Å². The molecular formula is C23H27NO5S. The van der Waals surface area contributed by atoms with E-state index in [1.165, 1.54) is 11.3 Å². The smallest absolute Gasteiger partial charge is 0.290 e. The maximum atomic E-state index is 13.1. The number of thiophene rings is 1. The van der Waals surface area contributed by atoms with Gasteiger partial charge in [-0.15, -0.1) is 11.3 Å². The van der Waals surface area contributed by atoms with Crippen LogP contribution in [0, 0.1) is 0 Å². The Bertz CT molecular complexity index is 902. The van der Waals surface area contributed by atoms with Crippen molar-refractivity contribution in [2.45, 2.75) is 39.3 Å². The monoisotopic (exact) mass is 429 g/mol. The molecule has 0 saturated heterocycles. The highest BCUT2D eigenvalue weighted by Crippen LogP contribution is 2.40. The molecule has 1 aromatic carbocycles. The summed E-state index contributed by atoms with van der Waals surface area (Å²) >= 11 is 1.29. The van der Waals surface area contributed by atoms with Crippen LogP contribution in [0.25, 0.3) is 0 Å². The predicted octanol–water partition coefficient (Wildman–Crippen LogP) is 4.54. The zero-order valence-corrected chi connectivity index (χ0v) is 18.3. The Balaban J connectivity index is 1.92. The van der Waals surface area contributed by atoms with Crippen LogP contribution in [0.15, 0.2) is 53.1 Å². The number of Topliss-reactive ketones (excluding diaryl/α,β-unsaturated/α-hetero) is 1. The standard InChI is InChI=1S/C23H27NO5S/c1-4-28-17-10-8-16(9-11-17)20-19(21(25)18-7-5-14-30-18)22(26)23(27)24(20)12-6-13-29-15(2)3/h5,7-11,14-15,20,26H,4,6,12-13H2,1-3H3/t20-/m1/s1. The molecule has 1 N–H and O–H groups in total. The second-order valence-corrected chi connectivity index (χ2v) is 8.19. The van der Waals surface area contributed by atoms with E-state index in [9.17, 15) is 14.7 Å². The summed E-state index contributed by atoms with van der Waals surface area (Å²) in [5.74, 6) is -0.618. The normalized spacial score (nSPS) is 16.6. The Labute approximate surface area is 180 Å². The van der Waals surface area contributed by atoms with Crippen molar-refractivity contribution in [2.24, 2.45) is 0 Å². The highest BCUT2D eigenvalue weighted by molar-refractivity contribution is 7.12. The molecule has 1 aromatic heterocycles. The van der Waals surface area contributed by atoms with Gasteiger partial charge in [0.1, 0.15) is 5.75 Å². The van der Waals surface area contributed by atoms with Crippen LogP contribution in [0.5, 0.6) is 5.75 Å². The van der Waals surface area contributed by atoms with Gasteiger partial charge < -0.3 is 19.5 Å². The second-order valence-electron chi connectivity index (χ2n) is 7.24. The number of nitrogens with zero attached hydrogens (tertiary/aromatic N) is 1. The Hall–Kier alpha value is -2.64. The van der Waals surface area contributed by atoms with Crippen molar-refractivity contribution >= 4 is 23.0 Å². The van der Waals surface area contributed by atoms with Crippen LogP contribution in [0.4, 0.5) is 0 Å². The Morgan fingerprint density at radius 2 is 1.97 bits per heavy atom. The highest BCUT2D eigenvalue weighted by atomic mass is 32.1. The molecular weight excluding hydrogens is 402 g/mol. The molecule has 0 radical (unpaired) electrons. The lowest BCUT2D eigenvalue weighted by molar-refractivity contribution is -0.129. The lowest BCUT2D eigenvalue weighted by Crippen LogP contribution is -2.32. The molecule has 0 fully saturated rings. The van der Waals surface area contributed by atoms with Crippen LogP contribution in [-0.2, 0) is 9.53 Å². The van der Waals surface area contributed by atoms with E-state index < -0.39 is 17.7 Å². The minimum absolute atomic E-state index is 0.101. The molecule has 2 aromatic rings. The fourth-order valence-corrected chi connectivity index (χ4v) is 4.15. The van der Waals surface area contributed by atoms with Crippen LogP contribution < -0.4 is 4.74 Å². The minimum Gasteiger partial charge on any atom is -0.503 e. The molecule has 0 aliphatic carbocycles. The van der Waals surface area contributed by atoms with E-state index in [1.54, 1.807) is 22.4 Å². The van der Waals surface area contributed by atoms with Gasteiger partial charge in [0.25, 0.3) is 5.91 Å². The molecule has 2 heterocycles. The van der Waals surface area contributed by atoms with Gasteiger partial charge in [0.2, 0.25) is 5.78 Å². The van der Waals surface area contributed by atoms with Gasteiger partial charge >= 0.3 is 0 Å². The first-order valence-corrected chi connectivity index (χ1v) is 11.0. The van der Waals surface area contributed by atoms with Gasteiger partial charge in [0.15, 0.2) is 5.76 Å². The number of rotatable bonds is 10. The fraction of sp³-hybridized carbons (Fsp3) is 0.391. The summed E-state index contributed by atoms with van der Waals surface area (Å²) in [6.45, 7) is 7.22. The molecule has 6 nitrogen and oxygen atoms in total. The number of amides is 1. The van der Waals surface area contributed by atoms with Crippen molar-refractivity contribution in [2.75, 3.05) is 19.8 Å². The summed E-state index contributed by atoms with van der Waals surface area (Å²) in [7, 11) is 0. The molecule has 7 heteroatoms. The summed E-state index contributed by atoms with van der Waals surface area (Å²) in [5.41, 5.74) is 0.872. The maximum Gasteiger partial charge on any atom is 0.290 e. The first-order valence-electron chi connectivity index (χ1n) is 10.1. The van der Waals surface area contributed by atoms with E-state index in [2.05, 4.69) is 0 Å². The van der Waals surface area contributed by atoms with Gasteiger partial charge in [0.05, 0.1) is 29.2 Å². The number of carbonyl (C=O) groups excluding carboxylic acids is 2. The van der Waals surface area contributed by atoms with Gasteiger partial charge in [-0.25, -0.2) is 0 Å². The van der Waals surface area contributed by atoms with Gasteiger partial charge in [-0.2, -0.15) is 0 Å². The topological polar surface area (TPSA) is 76.1 Å². The summed E-state index contributed by atoms with van der Waals surface area (Å²) < 4.78 is 11.1. The maximum absolute atomic E-state index is 13.1. The minimum atomic E-state index is -0.651. The Kier molecular flexibility index (Phi) is 7.29. The van der Waals surface area contributed by atoms with Gasteiger partial charge in [-0.1, -0.05) is 18.2 Å². The third-order valence-corrected chi connectivity index (χ3v) is 5.66. The third kappa shape index (κ3) is 4.74. The number of hydrogen-bond acceptors (Lipinski definition) is 6. The molecule has 1 atom stereocenters. The molecule has 0 bridgehead atoms. The fourth-order valence-electron chi connectivity index (χ4n) is 3.47. The lowest BCUT2D eigenvalue weighted by Gasteiger charge is -2.27. The van der Waals surface area contributed by atoms with Crippen molar-refractivity contribution in [1.29, 1.82) is 0 Å². The highest BCUT2D eigenvalue weighted by Gasteiger charge is 2.43. The molecule has 1 aliphatic rings. The summed E-state index contributed by atoms with van der Waals surface area (Å²) in [6.07, 6.45) is 0.703. The molecule has 1 aliphatic heterocycles. The molecule has 1 amide bonds. The van der Waals surface area contributed by atoms with Crippen molar-refractivity contribution < 1.29 is 24.2 Å². The van der Waals surface area contributed by atoms with Crippen molar-refractivity contribution in [3.05, 3.63) is 63.6 Å². The number of ether oxygens (including phenoxy) is 2. The van der Waals surface area contributed by atoms with E-state index in [0.717, 1.165) is 5.56 Å². The second kappa shape index (κ2) is 9.91. The van der Waals surface area contributed by atoms with Crippen molar-refractivity contribution in [1.82, 2.24) is 4.90 Å². The first kappa shape index (κ1) is 22.1. The van der Waals surface area contributed by atoms with Crippen molar-refractivity contribution in [3.8, 4) is 5.75 Å². The number of benzene rings is 1. The SMILES string of the molecule is CCOc1ccc([C@@H]2C(C(=O)c3cccs3)=C(O)C(=O)N2CCCOC(C)C)cc1. The van der Waals surface area contributed by atoms with E-state index >= 15 is 0 Å². The van der Waals surface area contributed by atoms with E-state index in [1.807, 2.05) is 45.0 Å². The quantitative estimate of drug-likeness (QED) is 0.443. The van der Waals surface area contributed by atoms with Gasteiger partial charge in [-0.05, 0) is 56.3 Å². The summed E-state index contributed by atoms with van der Waals surface area (Å²) in [5, 5.41) is 12.4. The number of hydrogen-bond donors (Lipinski definition) is 1. The summed E-state index contributed by atoms with van der Waals surface area (Å²) in [4.78, 5) is 28.1. The molecule has 0 unspecified atom stereocenters. The van der Waals surface area contributed by atoms with Crippen LogP contribution in [0.2, 0.25) is 0 Å². The molecule has 30 heavy (non-hydrogen) atoms. The van der Waals surface area contributed by atoms with Gasteiger partial charge in [0, 0.05) is 13.2 Å². The zero-order valence-electron chi connectivity index (χ0n) is 17.5. The van der Waals surface area contributed by atoms with Gasteiger partial charge in [-0.3, -0.25) is 9.59 Å². The number of carbonyl (C=O) groups is 2. The summed E-state index contributed by atoms with van der Waals surface area (Å²) in [6, 6.07) is 10.1. The molecule has 3 rings (SSSR count). The van der Waals surface area contributed by atoms with Crippen LogP contribution in [0.3, 0.4) is 0 Å². The van der Waals surface area contributed by atoms with Crippen molar-refractivity contribution in [3.63, 3.8) is 0 Å². The van der Waals surface area contributed by atoms with E-state index in [4.69, 9.17) is 9.47 Å². The Morgan fingerprint density at radius 3 is 2.57 bits per heavy atom. The first-order chi connectivity index (χ1) is 14.4. The average Bonchev–Trinajstić information content (AvgIpc) is 3.34.